The molecule has 0 amide bonds. The average Bonchev–Trinajstić information content (AvgIpc) is 2.85. The van der Waals surface area contributed by atoms with Crippen LogP contribution in [0.4, 0.5) is 0 Å². The lowest BCUT2D eigenvalue weighted by atomic mass is 9.73. The Hall–Kier alpha value is -1.16. The summed E-state index contributed by atoms with van der Waals surface area (Å²) in [6, 6.07) is 2.52. The van der Waals surface area contributed by atoms with Crippen LogP contribution in [0, 0.1) is 0 Å². The first-order chi connectivity index (χ1) is 9.17. The lowest BCUT2D eigenvalue weighted by Gasteiger charge is -2.36. The van der Waals surface area contributed by atoms with Gasteiger partial charge in [-0.25, -0.2) is 0 Å². The van der Waals surface area contributed by atoms with E-state index in [9.17, 15) is 4.79 Å². The average molecular weight is 261 g/mol. The number of carbonyl (C=O) groups excluding carboxylic acids is 1. The lowest BCUT2D eigenvalue weighted by molar-refractivity contribution is -0.126. The van der Waals surface area contributed by atoms with Crippen molar-refractivity contribution in [3.8, 4) is 0 Å². The Balaban J connectivity index is 1.62. The van der Waals surface area contributed by atoms with Crippen LogP contribution in [0.2, 0.25) is 0 Å². The van der Waals surface area contributed by atoms with Crippen LogP contribution in [0.15, 0.2) is 12.3 Å². The number of hydrogen-bond donors (Lipinski definition) is 1. The van der Waals surface area contributed by atoms with Crippen molar-refractivity contribution >= 4 is 5.78 Å². The van der Waals surface area contributed by atoms with Crippen molar-refractivity contribution in [1.29, 1.82) is 0 Å². The molecular weight excluding hydrogens is 238 g/mol. The molecule has 0 unspecified atom stereocenters. The van der Waals surface area contributed by atoms with Crippen LogP contribution >= 0.6 is 0 Å². The summed E-state index contributed by atoms with van der Waals surface area (Å²) in [5, 5.41) is 4.59. The predicted octanol–water partition coefficient (Wildman–Crippen LogP) is 2.38. The van der Waals surface area contributed by atoms with Gasteiger partial charge in [0, 0.05) is 6.20 Å². The maximum absolute atomic E-state index is 12.1. The van der Waals surface area contributed by atoms with E-state index in [1.807, 2.05) is 12.3 Å². The molecule has 2 aliphatic rings. The zero-order chi connectivity index (χ0) is 13.3. The van der Waals surface area contributed by atoms with Gasteiger partial charge in [0.15, 0.2) is 5.78 Å². The zero-order valence-corrected chi connectivity index (χ0v) is 11.5. The maximum Gasteiger partial charge on any atom is 0.158 e. The fraction of sp³-hybridized carbons (Fsp3) is 0.733. The second-order valence-corrected chi connectivity index (χ2v) is 6.19. The van der Waals surface area contributed by atoms with Crippen LogP contribution in [-0.4, -0.2) is 21.1 Å². The maximum atomic E-state index is 12.1. The summed E-state index contributed by atoms with van der Waals surface area (Å²) < 4.78 is 2.06. The smallest absolute Gasteiger partial charge is 0.158 e. The van der Waals surface area contributed by atoms with Crippen molar-refractivity contribution in [2.75, 3.05) is 0 Å². The van der Waals surface area contributed by atoms with Gasteiger partial charge in [-0.1, -0.05) is 19.3 Å². The Morgan fingerprint density at radius 1 is 1.32 bits per heavy atom. The normalized spacial score (nSPS) is 23.0. The van der Waals surface area contributed by atoms with E-state index in [-0.39, 0.29) is 5.78 Å². The van der Waals surface area contributed by atoms with Crippen molar-refractivity contribution in [1.82, 2.24) is 9.78 Å². The largest absolute Gasteiger partial charge is 0.319 e. The van der Waals surface area contributed by atoms with E-state index in [4.69, 9.17) is 5.73 Å². The van der Waals surface area contributed by atoms with Crippen LogP contribution in [0.3, 0.4) is 0 Å². The molecular formula is C15H23N3O. The molecule has 2 saturated carbocycles. The van der Waals surface area contributed by atoms with Crippen molar-refractivity contribution in [2.24, 2.45) is 5.73 Å². The third-order valence-electron chi connectivity index (χ3n) is 4.76. The third-order valence-corrected chi connectivity index (χ3v) is 4.76. The quantitative estimate of drug-likeness (QED) is 0.905. The highest BCUT2D eigenvalue weighted by molar-refractivity contribution is 5.90. The second kappa shape index (κ2) is 5.08. The number of ketones is 1. The van der Waals surface area contributed by atoms with E-state index in [1.54, 1.807) is 0 Å². The molecule has 3 rings (SSSR count). The van der Waals surface area contributed by atoms with Crippen molar-refractivity contribution in [3.05, 3.63) is 18.0 Å². The molecule has 4 heteroatoms. The number of rotatable bonds is 4. The van der Waals surface area contributed by atoms with Crippen LogP contribution < -0.4 is 5.73 Å². The van der Waals surface area contributed by atoms with Gasteiger partial charge in [0.1, 0.15) is 0 Å². The lowest BCUT2D eigenvalue weighted by Crippen LogP contribution is -2.54. The molecule has 1 heterocycles. The molecule has 2 aliphatic carbocycles. The fourth-order valence-corrected chi connectivity index (χ4v) is 3.20. The minimum absolute atomic E-state index is 0.160. The molecule has 0 bridgehead atoms. The Morgan fingerprint density at radius 2 is 2.05 bits per heavy atom. The highest BCUT2D eigenvalue weighted by Crippen LogP contribution is 2.31. The minimum Gasteiger partial charge on any atom is -0.319 e. The van der Waals surface area contributed by atoms with Crippen LogP contribution in [0.25, 0.3) is 0 Å². The van der Waals surface area contributed by atoms with E-state index >= 15 is 0 Å². The van der Waals surface area contributed by atoms with Crippen molar-refractivity contribution < 1.29 is 4.79 Å². The molecule has 1 aromatic heterocycles. The molecule has 0 saturated heterocycles. The van der Waals surface area contributed by atoms with E-state index in [0.717, 1.165) is 25.0 Å². The first kappa shape index (κ1) is 12.9. The van der Waals surface area contributed by atoms with Gasteiger partial charge in [0.2, 0.25) is 0 Å². The van der Waals surface area contributed by atoms with Gasteiger partial charge in [-0.05, 0) is 38.2 Å². The molecule has 104 valence electrons. The molecule has 0 atom stereocenters. The van der Waals surface area contributed by atoms with Gasteiger partial charge < -0.3 is 5.73 Å². The van der Waals surface area contributed by atoms with E-state index in [2.05, 4.69) is 9.78 Å². The Labute approximate surface area is 114 Å². The Morgan fingerprint density at radius 3 is 2.68 bits per heavy atom. The molecule has 2 fully saturated rings. The molecule has 1 aromatic rings. The number of aromatic nitrogens is 2. The summed E-state index contributed by atoms with van der Waals surface area (Å²) in [7, 11) is 0. The summed E-state index contributed by atoms with van der Waals surface area (Å²) >= 11 is 0. The first-order valence-corrected chi connectivity index (χ1v) is 7.54. The number of hydrogen-bond acceptors (Lipinski definition) is 3. The van der Waals surface area contributed by atoms with Gasteiger partial charge in [-0.15, -0.1) is 0 Å². The summed E-state index contributed by atoms with van der Waals surface area (Å²) in [6.07, 6.45) is 11.6. The topological polar surface area (TPSA) is 60.9 Å². The molecule has 0 aromatic carbocycles. The molecule has 0 spiro atoms. The van der Waals surface area contributed by atoms with Crippen LogP contribution in [0.1, 0.15) is 63.1 Å². The number of Topliss-reactive ketones (excluding diaryl/α,β-unsaturated/α-hetero) is 1. The summed E-state index contributed by atoms with van der Waals surface area (Å²) in [5.41, 5.74) is 6.39. The molecule has 2 N–H and O–H groups in total. The van der Waals surface area contributed by atoms with Crippen LogP contribution in [0.5, 0.6) is 0 Å². The number of nitrogens with two attached hydrogens (primary N) is 1. The van der Waals surface area contributed by atoms with E-state index in [1.165, 1.54) is 32.1 Å². The van der Waals surface area contributed by atoms with Gasteiger partial charge in [-0.2, -0.15) is 5.10 Å². The Kier molecular flexibility index (Phi) is 3.44. The number of carbonyl (C=O) groups is 1. The molecule has 0 radical (unpaired) electrons. The first-order valence-electron chi connectivity index (χ1n) is 7.54. The number of nitrogens with zero attached hydrogens (tertiary/aromatic N) is 2. The predicted molar refractivity (Wildman–Crippen MR) is 73.8 cm³/mol. The highest BCUT2D eigenvalue weighted by atomic mass is 16.1. The summed E-state index contributed by atoms with van der Waals surface area (Å²) in [6.45, 7) is 0. The van der Waals surface area contributed by atoms with Gasteiger partial charge in [0.05, 0.1) is 23.7 Å². The van der Waals surface area contributed by atoms with Gasteiger partial charge in [-0.3, -0.25) is 9.48 Å². The van der Waals surface area contributed by atoms with Crippen LogP contribution in [-0.2, 0) is 11.2 Å². The van der Waals surface area contributed by atoms with Crippen molar-refractivity contribution in [3.63, 3.8) is 0 Å². The molecule has 0 aliphatic heterocycles. The zero-order valence-electron chi connectivity index (χ0n) is 11.5. The standard InChI is InChI=1S/C15H23N3O/c16-15(8-4-9-15)14(19)11-12-7-10-18(17-12)13-5-2-1-3-6-13/h7,10,13H,1-6,8-9,11,16H2. The second-order valence-electron chi connectivity index (χ2n) is 6.19. The molecule has 4 nitrogen and oxygen atoms in total. The van der Waals surface area contributed by atoms with Gasteiger partial charge in [0.25, 0.3) is 0 Å². The molecule has 19 heavy (non-hydrogen) atoms. The summed E-state index contributed by atoms with van der Waals surface area (Å²) in [5.74, 6) is 0.160. The summed E-state index contributed by atoms with van der Waals surface area (Å²) in [4.78, 5) is 12.1. The minimum atomic E-state index is -0.547. The SMILES string of the molecule is NC1(C(=O)Cc2ccn(C3CCCCC3)n2)CCC1. The monoisotopic (exact) mass is 261 g/mol. The van der Waals surface area contributed by atoms with E-state index < -0.39 is 5.54 Å². The third kappa shape index (κ3) is 2.59. The van der Waals surface area contributed by atoms with Crippen molar-refractivity contribution in [2.45, 2.75) is 69.4 Å². The van der Waals surface area contributed by atoms with E-state index in [0.29, 0.717) is 12.5 Å². The Bertz CT molecular complexity index is 456. The fourth-order valence-electron chi connectivity index (χ4n) is 3.20. The van der Waals surface area contributed by atoms with Gasteiger partial charge >= 0.3 is 0 Å². The highest BCUT2D eigenvalue weighted by Gasteiger charge is 2.39.